The molecule has 0 fully saturated rings. The highest BCUT2D eigenvalue weighted by atomic mass is 127. The molecule has 0 bridgehead atoms. The molecule has 0 heterocycles. The first-order valence-corrected chi connectivity index (χ1v) is 8.17. The molecule has 0 spiro atoms. The second-order valence-corrected chi connectivity index (χ2v) is 5.49. The largest absolute Gasteiger partial charge is 0.497 e. The number of hydrogen-bond acceptors (Lipinski definition) is 4. The predicted octanol–water partition coefficient (Wildman–Crippen LogP) is 2.65. The average molecular weight is 484 g/mol. The number of amides is 1. The van der Waals surface area contributed by atoms with Gasteiger partial charge in [0, 0.05) is 25.2 Å². The van der Waals surface area contributed by atoms with Crippen molar-refractivity contribution in [1.29, 1.82) is 0 Å². The van der Waals surface area contributed by atoms with E-state index in [0.717, 1.165) is 5.56 Å². The Balaban J connectivity index is 0.00000364. The summed E-state index contributed by atoms with van der Waals surface area (Å²) in [6.45, 7) is 0.488. The van der Waals surface area contributed by atoms with E-state index in [4.69, 9.17) is 15.2 Å². The van der Waals surface area contributed by atoms with Crippen molar-refractivity contribution >= 4 is 41.5 Å². The van der Waals surface area contributed by atoms with Crippen LogP contribution in [-0.4, -0.2) is 39.7 Å². The van der Waals surface area contributed by atoms with Gasteiger partial charge in [-0.15, -0.1) is 24.0 Å². The number of aliphatic imine (C=N–C) groups is 1. The Hall–Kier alpha value is -2.49. The van der Waals surface area contributed by atoms with E-state index in [1.54, 1.807) is 45.5 Å². The third-order valence-electron chi connectivity index (χ3n) is 3.77. The van der Waals surface area contributed by atoms with Gasteiger partial charge in [-0.1, -0.05) is 12.1 Å². The van der Waals surface area contributed by atoms with E-state index in [2.05, 4.69) is 15.6 Å². The van der Waals surface area contributed by atoms with E-state index in [9.17, 15) is 4.79 Å². The minimum Gasteiger partial charge on any atom is -0.497 e. The van der Waals surface area contributed by atoms with Gasteiger partial charge in [-0.05, 0) is 36.2 Å². The zero-order chi connectivity index (χ0) is 18.9. The van der Waals surface area contributed by atoms with Crippen molar-refractivity contribution in [3.8, 4) is 11.5 Å². The van der Waals surface area contributed by atoms with Gasteiger partial charge in [0.2, 0.25) is 0 Å². The molecule has 4 N–H and O–H groups in total. The van der Waals surface area contributed by atoms with Gasteiger partial charge in [0.25, 0.3) is 5.91 Å². The number of nitrogens with one attached hydrogen (secondary N) is 2. The van der Waals surface area contributed by atoms with Gasteiger partial charge >= 0.3 is 0 Å². The molecule has 0 aromatic heterocycles. The molecule has 0 aliphatic heterocycles. The predicted molar refractivity (Wildman–Crippen MR) is 119 cm³/mol. The van der Waals surface area contributed by atoms with Crippen LogP contribution in [0.25, 0.3) is 0 Å². The summed E-state index contributed by atoms with van der Waals surface area (Å²) in [5, 5.41) is 5.63. The van der Waals surface area contributed by atoms with Crippen molar-refractivity contribution in [2.75, 3.05) is 33.1 Å². The Kier molecular flexibility index (Phi) is 9.41. The molecule has 0 aliphatic carbocycles. The number of ether oxygens (including phenoxy) is 2. The topological polar surface area (TPSA) is 98.0 Å². The molecule has 0 saturated heterocycles. The summed E-state index contributed by atoms with van der Waals surface area (Å²) < 4.78 is 10.5. The first-order valence-electron chi connectivity index (χ1n) is 8.17. The van der Waals surface area contributed by atoms with Crippen molar-refractivity contribution < 1.29 is 14.3 Å². The van der Waals surface area contributed by atoms with E-state index >= 15 is 0 Å². The molecule has 0 aliphatic rings. The number of halogens is 1. The van der Waals surface area contributed by atoms with Crippen LogP contribution < -0.4 is 25.8 Å². The molecule has 7 nitrogen and oxygen atoms in total. The Labute approximate surface area is 176 Å². The molecular formula is C19H25IN4O3. The van der Waals surface area contributed by atoms with E-state index in [0.29, 0.717) is 35.7 Å². The Morgan fingerprint density at radius 3 is 2.59 bits per heavy atom. The lowest BCUT2D eigenvalue weighted by Gasteiger charge is -2.12. The molecule has 0 unspecified atom stereocenters. The number of rotatable bonds is 7. The van der Waals surface area contributed by atoms with Gasteiger partial charge in [0.1, 0.15) is 11.5 Å². The van der Waals surface area contributed by atoms with Crippen LogP contribution in [0.3, 0.4) is 0 Å². The van der Waals surface area contributed by atoms with Gasteiger partial charge in [-0.25, -0.2) is 0 Å². The van der Waals surface area contributed by atoms with Crippen molar-refractivity contribution in [3.63, 3.8) is 0 Å². The smallest absolute Gasteiger partial charge is 0.251 e. The lowest BCUT2D eigenvalue weighted by atomic mass is 10.1. The molecule has 1 amide bonds. The number of carbonyl (C=O) groups is 1. The second kappa shape index (κ2) is 11.3. The maximum Gasteiger partial charge on any atom is 0.251 e. The summed E-state index contributed by atoms with van der Waals surface area (Å²) in [5.74, 6) is 1.50. The molecule has 27 heavy (non-hydrogen) atoms. The number of hydrogen-bond donors (Lipinski definition) is 3. The summed E-state index contributed by atoms with van der Waals surface area (Å²) in [6, 6.07) is 12.8. The van der Waals surface area contributed by atoms with Gasteiger partial charge in [0.15, 0.2) is 5.96 Å². The maximum absolute atomic E-state index is 11.7. The van der Waals surface area contributed by atoms with Gasteiger partial charge in [-0.2, -0.15) is 0 Å². The van der Waals surface area contributed by atoms with E-state index in [-0.39, 0.29) is 35.8 Å². The number of methoxy groups -OCH3 is 2. The third kappa shape index (κ3) is 6.63. The first kappa shape index (κ1) is 22.6. The summed E-state index contributed by atoms with van der Waals surface area (Å²) in [7, 11) is 4.79. The molecule has 0 atom stereocenters. The number of nitrogens with zero attached hydrogens (tertiary/aromatic N) is 1. The SMILES string of the molecule is CNC(=O)c1cccc(CCN=C(N)Nc2cc(OC)ccc2OC)c1.I. The highest BCUT2D eigenvalue weighted by Crippen LogP contribution is 2.28. The minimum absolute atomic E-state index is 0. The summed E-state index contributed by atoms with van der Waals surface area (Å²) >= 11 is 0. The third-order valence-corrected chi connectivity index (χ3v) is 3.77. The Morgan fingerprint density at radius 1 is 1.15 bits per heavy atom. The molecule has 2 aromatic carbocycles. The fourth-order valence-corrected chi connectivity index (χ4v) is 2.41. The summed E-state index contributed by atoms with van der Waals surface area (Å²) in [5.41, 5.74) is 8.28. The van der Waals surface area contributed by atoms with Crippen LogP contribution in [0, 0.1) is 0 Å². The van der Waals surface area contributed by atoms with Gasteiger partial charge in [-0.3, -0.25) is 9.79 Å². The van der Waals surface area contributed by atoms with Crippen molar-refractivity contribution in [2.45, 2.75) is 6.42 Å². The van der Waals surface area contributed by atoms with E-state index < -0.39 is 0 Å². The van der Waals surface area contributed by atoms with Crippen LogP contribution in [0.4, 0.5) is 5.69 Å². The van der Waals surface area contributed by atoms with Gasteiger partial charge in [0.05, 0.1) is 19.9 Å². The van der Waals surface area contributed by atoms with Crippen molar-refractivity contribution in [2.24, 2.45) is 10.7 Å². The van der Waals surface area contributed by atoms with Crippen molar-refractivity contribution in [1.82, 2.24) is 5.32 Å². The number of nitrogens with two attached hydrogens (primary N) is 1. The van der Waals surface area contributed by atoms with Crippen molar-refractivity contribution in [3.05, 3.63) is 53.6 Å². The summed E-state index contributed by atoms with van der Waals surface area (Å²) in [4.78, 5) is 16.0. The lowest BCUT2D eigenvalue weighted by molar-refractivity contribution is 0.0963. The molecule has 2 aromatic rings. The van der Waals surface area contributed by atoms with E-state index in [1.165, 1.54) is 0 Å². The van der Waals surface area contributed by atoms with Crippen LogP contribution >= 0.6 is 24.0 Å². The summed E-state index contributed by atoms with van der Waals surface area (Å²) in [6.07, 6.45) is 0.669. The standard InChI is InChI=1S/C19H24N4O3.HI/c1-21-18(24)14-6-4-5-13(11-14)9-10-22-19(20)23-16-12-15(25-2)7-8-17(16)26-3;/h4-8,11-12H,9-10H2,1-3H3,(H,21,24)(H3,20,22,23);1H. The quantitative estimate of drug-likeness (QED) is 0.319. The molecule has 2 rings (SSSR count). The average Bonchev–Trinajstić information content (AvgIpc) is 2.67. The lowest BCUT2D eigenvalue weighted by Crippen LogP contribution is -2.23. The Morgan fingerprint density at radius 2 is 1.93 bits per heavy atom. The van der Waals surface area contributed by atoms with Crippen LogP contribution in [0.2, 0.25) is 0 Å². The molecule has 0 radical (unpaired) electrons. The molecule has 8 heteroatoms. The molecule has 146 valence electrons. The minimum atomic E-state index is -0.110. The monoisotopic (exact) mass is 484 g/mol. The van der Waals surface area contributed by atoms with Gasteiger partial charge < -0.3 is 25.8 Å². The zero-order valence-electron chi connectivity index (χ0n) is 15.6. The maximum atomic E-state index is 11.7. The second-order valence-electron chi connectivity index (χ2n) is 5.49. The number of benzene rings is 2. The fourth-order valence-electron chi connectivity index (χ4n) is 2.41. The highest BCUT2D eigenvalue weighted by molar-refractivity contribution is 14.0. The zero-order valence-corrected chi connectivity index (χ0v) is 17.9. The number of carbonyl (C=O) groups excluding carboxylic acids is 1. The number of anilines is 1. The number of guanidine groups is 1. The fraction of sp³-hybridized carbons (Fsp3) is 0.263. The van der Waals surface area contributed by atoms with Crippen LogP contribution in [-0.2, 0) is 6.42 Å². The molecular weight excluding hydrogens is 459 g/mol. The van der Waals surface area contributed by atoms with Crippen LogP contribution in [0.1, 0.15) is 15.9 Å². The highest BCUT2D eigenvalue weighted by Gasteiger charge is 2.06. The molecule has 0 saturated carbocycles. The van der Waals surface area contributed by atoms with Crippen LogP contribution in [0.5, 0.6) is 11.5 Å². The Bertz CT molecular complexity index is 796. The normalized spacial score (nSPS) is 10.6. The van der Waals surface area contributed by atoms with Crippen LogP contribution in [0.15, 0.2) is 47.5 Å². The van der Waals surface area contributed by atoms with E-state index in [1.807, 2.05) is 18.2 Å². The first-order chi connectivity index (χ1) is 12.6.